The van der Waals surface area contributed by atoms with E-state index in [1.807, 2.05) is 20.8 Å². The molecule has 1 aromatic heterocycles. The fraction of sp³-hybridized carbons (Fsp3) is 0.438. The van der Waals surface area contributed by atoms with Gasteiger partial charge in [0.05, 0.1) is 6.42 Å². The molecule has 0 spiro atoms. The van der Waals surface area contributed by atoms with Crippen LogP contribution in [0.15, 0.2) is 12.1 Å². The first-order valence-electron chi connectivity index (χ1n) is 6.54. The Morgan fingerprint density at radius 1 is 1.26 bits per heavy atom. The standard InChI is InChI=1S/C16H21NO2/c1-9-6-10(2)14-12(7-9)17-11(3)15(14)16(4,5)8-13(18)19/h6-7,17H,8H2,1-5H3,(H,18,19). The third kappa shape index (κ3) is 2.37. The molecule has 0 fully saturated rings. The zero-order valence-corrected chi connectivity index (χ0v) is 12.2. The second-order valence-corrected chi connectivity index (χ2v) is 6.08. The van der Waals surface area contributed by atoms with Crippen molar-refractivity contribution in [1.82, 2.24) is 4.98 Å². The molecule has 0 saturated carbocycles. The van der Waals surface area contributed by atoms with E-state index in [0.717, 1.165) is 16.8 Å². The minimum Gasteiger partial charge on any atom is -0.481 e. The predicted molar refractivity (Wildman–Crippen MR) is 77.8 cm³/mol. The van der Waals surface area contributed by atoms with E-state index in [9.17, 15) is 4.79 Å². The zero-order chi connectivity index (χ0) is 14.4. The highest BCUT2D eigenvalue weighted by atomic mass is 16.4. The largest absolute Gasteiger partial charge is 0.481 e. The molecule has 1 aromatic carbocycles. The second-order valence-electron chi connectivity index (χ2n) is 6.08. The van der Waals surface area contributed by atoms with Gasteiger partial charge in [-0.2, -0.15) is 0 Å². The maximum absolute atomic E-state index is 11.1. The summed E-state index contributed by atoms with van der Waals surface area (Å²) in [5.41, 5.74) is 5.33. The van der Waals surface area contributed by atoms with Crippen molar-refractivity contribution in [2.24, 2.45) is 0 Å². The minimum atomic E-state index is -0.761. The lowest BCUT2D eigenvalue weighted by Crippen LogP contribution is -2.22. The zero-order valence-electron chi connectivity index (χ0n) is 12.2. The Hall–Kier alpha value is -1.77. The average molecular weight is 259 g/mol. The molecule has 0 atom stereocenters. The van der Waals surface area contributed by atoms with Crippen LogP contribution in [0.5, 0.6) is 0 Å². The van der Waals surface area contributed by atoms with E-state index in [-0.39, 0.29) is 11.8 Å². The number of aryl methyl sites for hydroxylation is 3. The monoisotopic (exact) mass is 259 g/mol. The van der Waals surface area contributed by atoms with Crippen LogP contribution in [0.1, 0.15) is 42.7 Å². The van der Waals surface area contributed by atoms with Crippen molar-refractivity contribution < 1.29 is 9.90 Å². The normalized spacial score (nSPS) is 12.1. The Balaban J connectivity index is 2.73. The van der Waals surface area contributed by atoms with Crippen molar-refractivity contribution in [3.63, 3.8) is 0 Å². The Kier molecular flexibility index (Phi) is 3.17. The second kappa shape index (κ2) is 4.41. The highest BCUT2D eigenvalue weighted by Gasteiger charge is 2.29. The molecule has 102 valence electrons. The summed E-state index contributed by atoms with van der Waals surface area (Å²) in [5, 5.41) is 10.3. The molecular formula is C16H21NO2. The van der Waals surface area contributed by atoms with Gasteiger partial charge in [0.2, 0.25) is 0 Å². The number of carboxylic acids is 1. The third-order valence-corrected chi connectivity index (χ3v) is 3.70. The molecule has 19 heavy (non-hydrogen) atoms. The van der Waals surface area contributed by atoms with Gasteiger partial charge in [0.25, 0.3) is 0 Å². The van der Waals surface area contributed by atoms with E-state index in [1.165, 1.54) is 16.5 Å². The van der Waals surface area contributed by atoms with Crippen LogP contribution in [-0.4, -0.2) is 16.1 Å². The Bertz CT molecular complexity index is 650. The summed E-state index contributed by atoms with van der Waals surface area (Å²) in [5.74, 6) is -0.761. The molecule has 0 aliphatic carbocycles. The fourth-order valence-corrected chi connectivity index (χ4v) is 3.16. The molecule has 0 saturated heterocycles. The number of rotatable bonds is 3. The SMILES string of the molecule is Cc1cc(C)c2c(C(C)(C)CC(=O)O)c(C)[nH]c2c1. The molecule has 3 heteroatoms. The summed E-state index contributed by atoms with van der Waals surface area (Å²) in [6, 6.07) is 4.27. The van der Waals surface area contributed by atoms with Gasteiger partial charge in [-0.3, -0.25) is 4.79 Å². The molecule has 0 aliphatic rings. The van der Waals surface area contributed by atoms with Crippen LogP contribution in [0, 0.1) is 20.8 Å². The summed E-state index contributed by atoms with van der Waals surface area (Å²) >= 11 is 0. The van der Waals surface area contributed by atoms with Crippen molar-refractivity contribution in [2.75, 3.05) is 0 Å². The van der Waals surface area contributed by atoms with E-state index < -0.39 is 5.97 Å². The first-order chi connectivity index (χ1) is 8.72. The topological polar surface area (TPSA) is 53.1 Å². The van der Waals surface area contributed by atoms with Crippen LogP contribution in [0.4, 0.5) is 0 Å². The van der Waals surface area contributed by atoms with Crippen molar-refractivity contribution in [2.45, 2.75) is 46.5 Å². The Morgan fingerprint density at radius 3 is 2.47 bits per heavy atom. The summed E-state index contributed by atoms with van der Waals surface area (Å²) in [6.07, 6.45) is 0.133. The lowest BCUT2D eigenvalue weighted by molar-refractivity contribution is -0.138. The number of fused-ring (bicyclic) bond motifs is 1. The molecular weight excluding hydrogens is 238 g/mol. The Labute approximate surface area is 113 Å². The van der Waals surface area contributed by atoms with Crippen LogP contribution < -0.4 is 0 Å². The highest BCUT2D eigenvalue weighted by Crippen LogP contribution is 2.37. The first kappa shape index (κ1) is 13.7. The van der Waals surface area contributed by atoms with Gasteiger partial charge in [-0.1, -0.05) is 19.9 Å². The number of H-pyrrole nitrogens is 1. The summed E-state index contributed by atoms with van der Waals surface area (Å²) in [4.78, 5) is 14.5. The molecule has 1 heterocycles. The number of benzene rings is 1. The first-order valence-corrected chi connectivity index (χ1v) is 6.54. The van der Waals surface area contributed by atoms with E-state index in [4.69, 9.17) is 5.11 Å². The number of aromatic nitrogens is 1. The number of hydrogen-bond acceptors (Lipinski definition) is 1. The van der Waals surface area contributed by atoms with Crippen molar-refractivity contribution in [3.8, 4) is 0 Å². The van der Waals surface area contributed by atoms with E-state index in [0.29, 0.717) is 0 Å². The van der Waals surface area contributed by atoms with Crippen LogP contribution in [0.3, 0.4) is 0 Å². The smallest absolute Gasteiger partial charge is 0.304 e. The van der Waals surface area contributed by atoms with Crippen LogP contribution in [0.25, 0.3) is 10.9 Å². The van der Waals surface area contributed by atoms with Gasteiger partial charge in [0, 0.05) is 22.0 Å². The van der Waals surface area contributed by atoms with Crippen molar-refractivity contribution in [3.05, 3.63) is 34.5 Å². The van der Waals surface area contributed by atoms with Crippen LogP contribution in [0.2, 0.25) is 0 Å². The highest BCUT2D eigenvalue weighted by molar-refractivity contribution is 5.90. The molecule has 0 aliphatic heterocycles. The van der Waals surface area contributed by atoms with Gasteiger partial charge in [-0.05, 0) is 43.5 Å². The van der Waals surface area contributed by atoms with Crippen molar-refractivity contribution >= 4 is 16.9 Å². The number of hydrogen-bond donors (Lipinski definition) is 2. The summed E-state index contributed by atoms with van der Waals surface area (Å²) in [7, 11) is 0. The summed E-state index contributed by atoms with van der Waals surface area (Å²) in [6.45, 7) is 10.2. The molecule has 2 aromatic rings. The lowest BCUT2D eigenvalue weighted by Gasteiger charge is -2.24. The van der Waals surface area contributed by atoms with E-state index in [2.05, 4.69) is 31.0 Å². The molecule has 0 amide bonds. The number of aromatic amines is 1. The maximum Gasteiger partial charge on any atom is 0.304 e. The van der Waals surface area contributed by atoms with Gasteiger partial charge >= 0.3 is 5.97 Å². The van der Waals surface area contributed by atoms with Crippen molar-refractivity contribution in [1.29, 1.82) is 0 Å². The quantitative estimate of drug-likeness (QED) is 0.879. The summed E-state index contributed by atoms with van der Waals surface area (Å²) < 4.78 is 0. The number of aliphatic carboxylic acids is 1. The Morgan fingerprint density at radius 2 is 1.89 bits per heavy atom. The number of nitrogens with one attached hydrogen (secondary N) is 1. The molecule has 2 N–H and O–H groups in total. The van der Waals surface area contributed by atoms with Crippen LogP contribution in [-0.2, 0) is 10.2 Å². The molecule has 2 rings (SSSR count). The number of carbonyl (C=O) groups is 1. The van der Waals surface area contributed by atoms with Gasteiger partial charge in [0.15, 0.2) is 0 Å². The lowest BCUT2D eigenvalue weighted by atomic mass is 9.79. The molecule has 3 nitrogen and oxygen atoms in total. The average Bonchev–Trinajstić information content (AvgIpc) is 2.52. The van der Waals surface area contributed by atoms with E-state index >= 15 is 0 Å². The minimum absolute atomic E-state index is 0.133. The fourth-order valence-electron chi connectivity index (χ4n) is 3.16. The molecule has 0 unspecified atom stereocenters. The van der Waals surface area contributed by atoms with E-state index in [1.54, 1.807) is 0 Å². The predicted octanol–water partition coefficient (Wildman–Crippen LogP) is 3.85. The van der Waals surface area contributed by atoms with Gasteiger partial charge < -0.3 is 10.1 Å². The van der Waals surface area contributed by atoms with Crippen LogP contribution >= 0.6 is 0 Å². The molecule has 0 bridgehead atoms. The molecule has 0 radical (unpaired) electrons. The van der Waals surface area contributed by atoms with Gasteiger partial charge in [0.1, 0.15) is 0 Å². The van der Waals surface area contributed by atoms with Gasteiger partial charge in [-0.15, -0.1) is 0 Å². The van der Waals surface area contributed by atoms with Gasteiger partial charge in [-0.25, -0.2) is 0 Å². The number of carboxylic acid groups (broad SMARTS) is 1. The maximum atomic E-state index is 11.1. The third-order valence-electron chi connectivity index (χ3n) is 3.70.